The molecule has 1 amide bonds. The molecule has 2 nitrogen and oxygen atoms in total. The Morgan fingerprint density at radius 3 is 2.74 bits per heavy atom. The summed E-state index contributed by atoms with van der Waals surface area (Å²) in [5.74, 6) is 0.212. The van der Waals surface area contributed by atoms with Crippen molar-refractivity contribution >= 4 is 39.1 Å². The van der Waals surface area contributed by atoms with E-state index in [1.54, 1.807) is 0 Å². The number of carbonyl (C=O) groups is 1. The highest BCUT2D eigenvalue weighted by Gasteiger charge is 2.38. The molecule has 0 bridgehead atoms. The van der Waals surface area contributed by atoms with Gasteiger partial charge in [0, 0.05) is 22.6 Å². The van der Waals surface area contributed by atoms with E-state index >= 15 is 0 Å². The van der Waals surface area contributed by atoms with E-state index in [-0.39, 0.29) is 11.3 Å². The molecule has 1 fully saturated rings. The molecule has 0 unspecified atom stereocenters. The van der Waals surface area contributed by atoms with E-state index in [0.29, 0.717) is 11.4 Å². The number of nitrogens with zero attached hydrogens (tertiary/aromatic N) is 1. The van der Waals surface area contributed by atoms with Gasteiger partial charge in [0.25, 0.3) is 0 Å². The molecule has 0 radical (unpaired) electrons. The molecule has 0 saturated heterocycles. The minimum atomic E-state index is 0.212. The van der Waals surface area contributed by atoms with Crippen molar-refractivity contribution < 1.29 is 4.79 Å². The number of amides is 1. The van der Waals surface area contributed by atoms with Crippen LogP contribution in [0.1, 0.15) is 31.2 Å². The van der Waals surface area contributed by atoms with Crippen LogP contribution in [0.5, 0.6) is 0 Å². The van der Waals surface area contributed by atoms with E-state index in [0.717, 1.165) is 23.1 Å². The van der Waals surface area contributed by atoms with Gasteiger partial charge in [-0.1, -0.05) is 46.4 Å². The quantitative estimate of drug-likeness (QED) is 0.754. The van der Waals surface area contributed by atoms with Crippen molar-refractivity contribution in [1.29, 1.82) is 0 Å². The zero-order chi connectivity index (χ0) is 13.5. The van der Waals surface area contributed by atoms with E-state index in [4.69, 9.17) is 11.6 Å². The highest BCUT2D eigenvalue weighted by atomic mass is 79.9. The Morgan fingerprint density at radius 2 is 2.05 bits per heavy atom. The second-order valence-electron chi connectivity index (χ2n) is 5.77. The highest BCUT2D eigenvalue weighted by Crippen LogP contribution is 2.43. The number of alkyl halides is 1. The Hall–Kier alpha value is -0.540. The molecular weight excluding hydrogens is 326 g/mol. The number of fused-ring (bicyclic) bond motifs is 1. The fraction of sp³-hybridized carbons (Fsp3) is 0.533. The maximum Gasteiger partial charge on any atom is 0.231 e. The molecule has 0 atom stereocenters. The van der Waals surface area contributed by atoms with Gasteiger partial charge in [-0.2, -0.15) is 0 Å². The topological polar surface area (TPSA) is 20.3 Å². The van der Waals surface area contributed by atoms with Gasteiger partial charge in [-0.15, -0.1) is 0 Å². The van der Waals surface area contributed by atoms with Crippen molar-refractivity contribution in [3.05, 3.63) is 28.8 Å². The summed E-state index contributed by atoms with van der Waals surface area (Å²) in [4.78, 5) is 14.2. The third kappa shape index (κ3) is 2.43. The second kappa shape index (κ2) is 5.10. The number of hydrogen-bond donors (Lipinski definition) is 0. The third-order valence-corrected chi connectivity index (χ3v) is 5.85. The van der Waals surface area contributed by atoms with Gasteiger partial charge < -0.3 is 4.90 Å². The minimum absolute atomic E-state index is 0.212. The average Bonchev–Trinajstić information content (AvgIpc) is 2.98. The number of hydrogen-bond acceptors (Lipinski definition) is 1. The number of carbonyl (C=O) groups excluding carboxylic acids is 1. The van der Waals surface area contributed by atoms with Crippen LogP contribution in [0.3, 0.4) is 0 Å². The lowest BCUT2D eigenvalue weighted by Crippen LogP contribution is -2.39. The lowest BCUT2D eigenvalue weighted by atomic mass is 9.88. The summed E-state index contributed by atoms with van der Waals surface area (Å²) < 4.78 is 0. The molecule has 1 aliphatic carbocycles. The second-order valence-corrected chi connectivity index (χ2v) is 6.77. The van der Waals surface area contributed by atoms with Crippen LogP contribution in [0.25, 0.3) is 0 Å². The number of benzene rings is 1. The summed E-state index contributed by atoms with van der Waals surface area (Å²) in [6.45, 7) is 0.824. The summed E-state index contributed by atoms with van der Waals surface area (Å²) in [6, 6.07) is 5.77. The largest absolute Gasteiger partial charge is 0.311 e. The molecule has 1 saturated carbocycles. The van der Waals surface area contributed by atoms with Crippen LogP contribution in [0.15, 0.2) is 18.2 Å². The van der Waals surface area contributed by atoms with Gasteiger partial charge in [0.1, 0.15) is 0 Å². The van der Waals surface area contributed by atoms with E-state index in [2.05, 4.69) is 15.9 Å². The Labute approximate surface area is 127 Å². The molecule has 0 N–H and O–H groups in total. The summed E-state index contributed by atoms with van der Waals surface area (Å²) >= 11 is 9.73. The zero-order valence-electron chi connectivity index (χ0n) is 10.8. The van der Waals surface area contributed by atoms with Crippen molar-refractivity contribution in [2.75, 3.05) is 16.8 Å². The molecule has 1 aliphatic heterocycles. The summed E-state index contributed by atoms with van der Waals surface area (Å²) in [6.07, 6.45) is 5.48. The molecular formula is C15H17BrClNO. The molecule has 1 aromatic carbocycles. The van der Waals surface area contributed by atoms with Gasteiger partial charge in [-0.25, -0.2) is 0 Å². The Kier molecular flexibility index (Phi) is 3.61. The smallest absolute Gasteiger partial charge is 0.231 e. The van der Waals surface area contributed by atoms with Crippen molar-refractivity contribution in [2.45, 2.75) is 32.1 Å². The summed E-state index contributed by atoms with van der Waals surface area (Å²) in [7, 11) is 0. The number of anilines is 1. The van der Waals surface area contributed by atoms with Gasteiger partial charge >= 0.3 is 0 Å². The lowest BCUT2D eigenvalue weighted by Gasteiger charge is -2.32. The van der Waals surface area contributed by atoms with Gasteiger partial charge in [-0.3, -0.25) is 4.79 Å². The van der Waals surface area contributed by atoms with E-state index in [1.165, 1.54) is 25.7 Å². The third-order valence-electron chi connectivity index (χ3n) is 4.42. The fourth-order valence-electron chi connectivity index (χ4n) is 3.30. The van der Waals surface area contributed by atoms with Crippen LogP contribution in [-0.2, 0) is 11.2 Å². The van der Waals surface area contributed by atoms with Crippen LogP contribution in [-0.4, -0.2) is 17.8 Å². The van der Waals surface area contributed by atoms with Crippen molar-refractivity contribution in [2.24, 2.45) is 5.41 Å². The van der Waals surface area contributed by atoms with E-state index in [9.17, 15) is 4.79 Å². The Morgan fingerprint density at radius 1 is 1.32 bits per heavy atom. The predicted octanol–water partition coefficient (Wildman–Crippen LogP) is 4.18. The first-order chi connectivity index (χ1) is 9.13. The highest BCUT2D eigenvalue weighted by molar-refractivity contribution is 9.09. The van der Waals surface area contributed by atoms with Crippen molar-refractivity contribution in [3.63, 3.8) is 0 Å². The van der Waals surface area contributed by atoms with Crippen LogP contribution in [0.4, 0.5) is 5.69 Å². The first-order valence-corrected chi connectivity index (χ1v) is 8.28. The van der Waals surface area contributed by atoms with E-state index < -0.39 is 0 Å². The maximum atomic E-state index is 12.3. The number of halogens is 2. The standard InChI is InChI=1S/C15H17BrClNO/c16-9-15(5-1-2-6-15)10-18-13-8-12(17)4-3-11(13)7-14(18)19/h3-4,8H,1-2,5-7,9-10H2. The molecule has 4 heteroatoms. The minimum Gasteiger partial charge on any atom is -0.311 e. The molecule has 3 rings (SSSR count). The molecule has 2 aliphatic rings. The van der Waals surface area contributed by atoms with Gasteiger partial charge in [0.2, 0.25) is 5.91 Å². The molecule has 19 heavy (non-hydrogen) atoms. The molecule has 0 aromatic heterocycles. The monoisotopic (exact) mass is 341 g/mol. The SMILES string of the molecule is O=C1Cc2ccc(Cl)cc2N1CC1(CBr)CCCC1. The Bertz CT molecular complexity index is 511. The van der Waals surface area contributed by atoms with Crippen LogP contribution in [0.2, 0.25) is 5.02 Å². The maximum absolute atomic E-state index is 12.3. The zero-order valence-corrected chi connectivity index (χ0v) is 13.1. The summed E-state index contributed by atoms with van der Waals surface area (Å²) in [5, 5.41) is 1.68. The first kappa shape index (κ1) is 13.4. The molecule has 102 valence electrons. The molecule has 1 heterocycles. The van der Waals surface area contributed by atoms with Gasteiger partial charge in [0.15, 0.2) is 0 Å². The van der Waals surface area contributed by atoms with Crippen molar-refractivity contribution in [3.8, 4) is 0 Å². The predicted molar refractivity (Wildman–Crippen MR) is 82.2 cm³/mol. The number of rotatable bonds is 3. The molecule has 1 aromatic rings. The van der Waals surface area contributed by atoms with Gasteiger partial charge in [-0.05, 0) is 36.0 Å². The van der Waals surface area contributed by atoms with Crippen LogP contribution in [0, 0.1) is 5.41 Å². The normalized spacial score (nSPS) is 20.9. The Balaban J connectivity index is 1.89. The molecule has 0 spiro atoms. The summed E-state index contributed by atoms with van der Waals surface area (Å²) in [5.41, 5.74) is 2.38. The lowest BCUT2D eigenvalue weighted by molar-refractivity contribution is -0.117. The van der Waals surface area contributed by atoms with Gasteiger partial charge in [0.05, 0.1) is 6.42 Å². The fourth-order valence-corrected chi connectivity index (χ4v) is 4.20. The van der Waals surface area contributed by atoms with Crippen LogP contribution >= 0.6 is 27.5 Å². The van der Waals surface area contributed by atoms with Crippen LogP contribution < -0.4 is 4.90 Å². The van der Waals surface area contributed by atoms with E-state index in [1.807, 2.05) is 23.1 Å². The first-order valence-electron chi connectivity index (χ1n) is 6.78. The van der Waals surface area contributed by atoms with Crippen molar-refractivity contribution in [1.82, 2.24) is 0 Å². The average molecular weight is 343 g/mol.